The zero-order chi connectivity index (χ0) is 15.5. The van der Waals surface area contributed by atoms with Gasteiger partial charge in [0.2, 0.25) is 0 Å². The van der Waals surface area contributed by atoms with Crippen molar-refractivity contribution in [2.45, 2.75) is 76.7 Å². The number of nitrogens with zero attached hydrogens (tertiary/aromatic N) is 1. The molecular formula is C18H25NO3. The standard InChI is InChI=1S/C18H25NO3/c20-17-15(18(21)22)12-13-8-4-1-2-7-11-16(13)19(17)14-9-5-3-6-10-14/h12,14H,1-11H2,(H,21,22). The third-order valence-electron chi connectivity index (χ3n) is 5.21. The Morgan fingerprint density at radius 3 is 2.32 bits per heavy atom. The highest BCUT2D eigenvalue weighted by molar-refractivity contribution is 5.87. The molecule has 3 rings (SSSR count). The first kappa shape index (κ1) is 15.3. The van der Waals surface area contributed by atoms with E-state index in [-0.39, 0.29) is 17.2 Å². The molecule has 4 heteroatoms. The molecular weight excluding hydrogens is 278 g/mol. The maximum atomic E-state index is 12.8. The van der Waals surface area contributed by atoms with Crippen LogP contribution in [0.3, 0.4) is 0 Å². The number of fused-ring (bicyclic) bond motifs is 1. The summed E-state index contributed by atoms with van der Waals surface area (Å²) in [5, 5.41) is 9.40. The van der Waals surface area contributed by atoms with Crippen molar-refractivity contribution in [3.05, 3.63) is 33.2 Å². The van der Waals surface area contributed by atoms with Crippen LogP contribution >= 0.6 is 0 Å². The highest BCUT2D eigenvalue weighted by Gasteiger charge is 2.25. The maximum absolute atomic E-state index is 12.8. The zero-order valence-electron chi connectivity index (χ0n) is 13.1. The lowest BCUT2D eigenvalue weighted by molar-refractivity contribution is 0.0693. The van der Waals surface area contributed by atoms with Crippen LogP contribution in [0.25, 0.3) is 0 Å². The van der Waals surface area contributed by atoms with Gasteiger partial charge in [-0.05, 0) is 50.2 Å². The third kappa shape index (κ3) is 2.96. The van der Waals surface area contributed by atoms with Crippen LogP contribution in [0.4, 0.5) is 0 Å². The quantitative estimate of drug-likeness (QED) is 0.906. The fourth-order valence-electron chi connectivity index (χ4n) is 4.06. The van der Waals surface area contributed by atoms with E-state index in [2.05, 4.69) is 0 Å². The fraction of sp³-hybridized carbons (Fsp3) is 0.667. The van der Waals surface area contributed by atoms with Crippen molar-refractivity contribution in [2.24, 2.45) is 0 Å². The third-order valence-corrected chi connectivity index (χ3v) is 5.21. The minimum atomic E-state index is -1.08. The number of carboxylic acids is 1. The number of pyridine rings is 1. The summed E-state index contributed by atoms with van der Waals surface area (Å²) in [6, 6.07) is 1.86. The van der Waals surface area contributed by atoms with Gasteiger partial charge in [0.1, 0.15) is 5.56 Å². The predicted molar refractivity (Wildman–Crippen MR) is 85.7 cm³/mol. The van der Waals surface area contributed by atoms with Crippen LogP contribution in [0, 0.1) is 0 Å². The van der Waals surface area contributed by atoms with Crippen LogP contribution in [0.1, 0.15) is 85.4 Å². The molecule has 2 aliphatic rings. The Morgan fingerprint density at radius 2 is 1.64 bits per heavy atom. The molecule has 1 fully saturated rings. The van der Waals surface area contributed by atoms with Crippen LogP contribution in [0.2, 0.25) is 0 Å². The Kier molecular flexibility index (Phi) is 4.65. The number of carboxylic acid groups (broad SMARTS) is 1. The molecule has 1 heterocycles. The van der Waals surface area contributed by atoms with E-state index in [1.807, 2.05) is 4.57 Å². The SMILES string of the molecule is O=C(O)c1cc2c(n(C3CCCCC3)c1=O)CCCCCC2. The van der Waals surface area contributed by atoms with Gasteiger partial charge < -0.3 is 9.67 Å². The second-order valence-electron chi connectivity index (χ2n) is 6.72. The Hall–Kier alpha value is -1.58. The Bertz CT molecular complexity index is 611. The van der Waals surface area contributed by atoms with Crippen LogP contribution in [0.5, 0.6) is 0 Å². The van der Waals surface area contributed by atoms with Crippen LogP contribution in [-0.2, 0) is 12.8 Å². The molecule has 0 radical (unpaired) electrons. The van der Waals surface area contributed by atoms with E-state index in [1.165, 1.54) is 19.3 Å². The van der Waals surface area contributed by atoms with Crippen molar-refractivity contribution in [2.75, 3.05) is 0 Å². The van der Waals surface area contributed by atoms with Gasteiger partial charge in [-0.1, -0.05) is 32.1 Å². The number of hydrogen-bond acceptors (Lipinski definition) is 2. The van der Waals surface area contributed by atoms with Gasteiger partial charge in [0.15, 0.2) is 0 Å². The summed E-state index contributed by atoms with van der Waals surface area (Å²) in [6.45, 7) is 0. The summed E-state index contributed by atoms with van der Waals surface area (Å²) in [7, 11) is 0. The largest absolute Gasteiger partial charge is 0.477 e. The summed E-state index contributed by atoms with van der Waals surface area (Å²) in [5.74, 6) is -1.08. The maximum Gasteiger partial charge on any atom is 0.341 e. The number of hydrogen-bond donors (Lipinski definition) is 1. The number of aromatic carboxylic acids is 1. The first-order chi connectivity index (χ1) is 10.7. The molecule has 1 aromatic rings. The van der Waals surface area contributed by atoms with Gasteiger partial charge in [0.25, 0.3) is 5.56 Å². The molecule has 0 aromatic carbocycles. The molecule has 1 saturated carbocycles. The lowest BCUT2D eigenvalue weighted by Crippen LogP contribution is -2.34. The van der Waals surface area contributed by atoms with Crippen molar-refractivity contribution >= 4 is 5.97 Å². The molecule has 0 bridgehead atoms. The molecule has 4 nitrogen and oxygen atoms in total. The van der Waals surface area contributed by atoms with Gasteiger partial charge >= 0.3 is 5.97 Å². The minimum absolute atomic E-state index is 0.0371. The molecule has 0 amide bonds. The average molecular weight is 303 g/mol. The molecule has 1 aromatic heterocycles. The monoisotopic (exact) mass is 303 g/mol. The lowest BCUT2D eigenvalue weighted by atomic mass is 9.91. The normalized spacial score (nSPS) is 20.0. The smallest absolute Gasteiger partial charge is 0.341 e. The van der Waals surface area contributed by atoms with Crippen molar-refractivity contribution in [1.29, 1.82) is 0 Å². The number of carbonyl (C=O) groups is 1. The van der Waals surface area contributed by atoms with Crippen LogP contribution in [0.15, 0.2) is 10.9 Å². The van der Waals surface area contributed by atoms with Crippen molar-refractivity contribution in [1.82, 2.24) is 4.57 Å². The van der Waals surface area contributed by atoms with Gasteiger partial charge in [-0.15, -0.1) is 0 Å². The van der Waals surface area contributed by atoms with Gasteiger partial charge in [-0.3, -0.25) is 4.79 Å². The van der Waals surface area contributed by atoms with E-state index < -0.39 is 5.97 Å². The predicted octanol–water partition coefficient (Wildman–Crippen LogP) is 3.71. The fourth-order valence-corrected chi connectivity index (χ4v) is 4.06. The number of aromatic nitrogens is 1. The van der Waals surface area contributed by atoms with Gasteiger partial charge in [-0.2, -0.15) is 0 Å². The molecule has 0 spiro atoms. The lowest BCUT2D eigenvalue weighted by Gasteiger charge is -2.29. The van der Waals surface area contributed by atoms with E-state index in [0.29, 0.717) is 0 Å². The molecule has 120 valence electrons. The topological polar surface area (TPSA) is 59.3 Å². The van der Waals surface area contributed by atoms with E-state index in [0.717, 1.165) is 62.6 Å². The van der Waals surface area contributed by atoms with Crippen LogP contribution < -0.4 is 5.56 Å². The minimum Gasteiger partial charge on any atom is -0.477 e. The van der Waals surface area contributed by atoms with Crippen molar-refractivity contribution < 1.29 is 9.90 Å². The molecule has 22 heavy (non-hydrogen) atoms. The van der Waals surface area contributed by atoms with E-state index in [9.17, 15) is 14.7 Å². The van der Waals surface area contributed by atoms with Crippen molar-refractivity contribution in [3.63, 3.8) is 0 Å². The Morgan fingerprint density at radius 1 is 1.00 bits per heavy atom. The second-order valence-corrected chi connectivity index (χ2v) is 6.72. The molecule has 2 aliphatic carbocycles. The molecule has 0 aliphatic heterocycles. The highest BCUT2D eigenvalue weighted by Crippen LogP contribution is 2.30. The first-order valence-corrected chi connectivity index (χ1v) is 8.69. The highest BCUT2D eigenvalue weighted by atomic mass is 16.4. The average Bonchev–Trinajstić information content (AvgIpc) is 2.49. The second kappa shape index (κ2) is 6.67. The van der Waals surface area contributed by atoms with Gasteiger partial charge in [0, 0.05) is 11.7 Å². The van der Waals surface area contributed by atoms with Gasteiger partial charge in [0.05, 0.1) is 0 Å². The molecule has 0 atom stereocenters. The van der Waals surface area contributed by atoms with Crippen LogP contribution in [-0.4, -0.2) is 15.6 Å². The first-order valence-electron chi connectivity index (χ1n) is 8.69. The Balaban J connectivity index is 2.14. The number of aryl methyl sites for hydroxylation is 1. The Labute approximate surface area is 131 Å². The summed E-state index contributed by atoms with van der Waals surface area (Å²) in [6.07, 6.45) is 12.0. The van der Waals surface area contributed by atoms with Crippen molar-refractivity contribution in [3.8, 4) is 0 Å². The summed E-state index contributed by atoms with van der Waals surface area (Å²) in [5.41, 5.74) is 1.91. The summed E-state index contributed by atoms with van der Waals surface area (Å²) >= 11 is 0. The summed E-state index contributed by atoms with van der Waals surface area (Å²) in [4.78, 5) is 24.2. The molecule has 1 N–H and O–H groups in total. The van der Waals surface area contributed by atoms with E-state index in [1.54, 1.807) is 6.07 Å². The molecule has 0 unspecified atom stereocenters. The van der Waals surface area contributed by atoms with E-state index >= 15 is 0 Å². The van der Waals surface area contributed by atoms with E-state index in [4.69, 9.17) is 0 Å². The summed E-state index contributed by atoms with van der Waals surface area (Å²) < 4.78 is 1.88. The number of rotatable bonds is 2. The van der Waals surface area contributed by atoms with Gasteiger partial charge in [-0.25, -0.2) is 4.79 Å². The zero-order valence-corrected chi connectivity index (χ0v) is 13.1. The molecule has 0 saturated heterocycles.